The van der Waals surface area contributed by atoms with Crippen LogP contribution >= 0.6 is 15.9 Å². The van der Waals surface area contributed by atoms with Gasteiger partial charge < -0.3 is 9.47 Å². The molecule has 0 heterocycles. The van der Waals surface area contributed by atoms with Gasteiger partial charge in [-0.25, -0.2) is 9.59 Å². The molecule has 0 bridgehead atoms. The van der Waals surface area contributed by atoms with E-state index in [1.54, 1.807) is 12.1 Å². The molecular formula is C18H17BrO4. The number of rotatable bonds is 5. The third-order valence-electron chi connectivity index (χ3n) is 3.42. The molecule has 0 aliphatic carbocycles. The third kappa shape index (κ3) is 4.20. The highest BCUT2D eigenvalue weighted by molar-refractivity contribution is 9.09. The Balaban J connectivity index is 2.54. The van der Waals surface area contributed by atoms with Crippen LogP contribution in [-0.2, 0) is 15.9 Å². The molecule has 0 aromatic heterocycles. The van der Waals surface area contributed by atoms with E-state index in [1.807, 2.05) is 24.3 Å². The lowest BCUT2D eigenvalue weighted by atomic mass is 9.98. The van der Waals surface area contributed by atoms with Crippen LogP contribution in [-0.4, -0.2) is 31.5 Å². The third-order valence-corrected chi connectivity index (χ3v) is 3.82. The number of carbonyl (C=O) groups is 2. The fraction of sp³-hybridized carbons (Fsp3) is 0.222. The van der Waals surface area contributed by atoms with Crippen molar-refractivity contribution in [1.82, 2.24) is 0 Å². The summed E-state index contributed by atoms with van der Waals surface area (Å²) in [5, 5.41) is 0.867. The second kappa shape index (κ2) is 7.92. The smallest absolute Gasteiger partial charge is 0.337 e. The number of esters is 2. The Bertz CT molecular complexity index is 690. The van der Waals surface area contributed by atoms with E-state index in [4.69, 9.17) is 9.47 Å². The van der Waals surface area contributed by atoms with Gasteiger partial charge in [0.05, 0.1) is 25.3 Å². The first-order valence-electron chi connectivity index (χ1n) is 7.06. The number of hydrogen-bond acceptors (Lipinski definition) is 4. The van der Waals surface area contributed by atoms with E-state index in [0.717, 1.165) is 22.9 Å². The minimum absolute atomic E-state index is 0.316. The van der Waals surface area contributed by atoms with Gasteiger partial charge in [-0.15, -0.1) is 0 Å². The van der Waals surface area contributed by atoms with Gasteiger partial charge in [0, 0.05) is 5.33 Å². The van der Waals surface area contributed by atoms with Crippen molar-refractivity contribution >= 4 is 27.9 Å². The largest absolute Gasteiger partial charge is 0.465 e. The fourth-order valence-electron chi connectivity index (χ4n) is 2.28. The number of halogens is 1. The van der Waals surface area contributed by atoms with Crippen molar-refractivity contribution in [2.24, 2.45) is 0 Å². The first-order valence-corrected chi connectivity index (χ1v) is 8.18. The van der Waals surface area contributed by atoms with Crippen molar-refractivity contribution in [1.29, 1.82) is 0 Å². The predicted octanol–water partition coefficient (Wildman–Crippen LogP) is 3.86. The Morgan fingerprint density at radius 1 is 0.913 bits per heavy atom. The Kier molecular flexibility index (Phi) is 5.93. The Labute approximate surface area is 143 Å². The molecule has 120 valence electrons. The van der Waals surface area contributed by atoms with Gasteiger partial charge in [-0.1, -0.05) is 40.2 Å². The lowest BCUT2D eigenvalue weighted by molar-refractivity contribution is 0.0599. The van der Waals surface area contributed by atoms with Crippen LogP contribution < -0.4 is 0 Å². The summed E-state index contributed by atoms with van der Waals surface area (Å²) >= 11 is 3.42. The summed E-state index contributed by atoms with van der Waals surface area (Å²) in [7, 11) is 2.62. The SMILES string of the molecule is COC(=O)c1cc(C(=O)OC)cc(-c2cccc(CCBr)c2)c1. The summed E-state index contributed by atoms with van der Waals surface area (Å²) in [6, 6.07) is 12.9. The van der Waals surface area contributed by atoms with Gasteiger partial charge in [0.15, 0.2) is 0 Å². The molecule has 0 aliphatic rings. The standard InChI is InChI=1S/C18H17BrO4/c1-22-17(20)15-9-14(10-16(11-15)18(21)23-2)13-5-3-4-12(8-13)6-7-19/h3-5,8-11H,6-7H2,1-2H3. The van der Waals surface area contributed by atoms with Crippen LogP contribution in [0, 0.1) is 0 Å². The number of benzene rings is 2. The van der Waals surface area contributed by atoms with Crippen molar-refractivity contribution in [2.45, 2.75) is 6.42 Å². The van der Waals surface area contributed by atoms with Crippen LogP contribution in [0.1, 0.15) is 26.3 Å². The van der Waals surface area contributed by atoms with Crippen LogP contribution in [0.5, 0.6) is 0 Å². The van der Waals surface area contributed by atoms with E-state index in [1.165, 1.54) is 25.8 Å². The average Bonchev–Trinajstić information content (AvgIpc) is 2.60. The zero-order valence-corrected chi connectivity index (χ0v) is 14.6. The second-order valence-corrected chi connectivity index (χ2v) is 5.71. The van der Waals surface area contributed by atoms with Crippen LogP contribution in [0.4, 0.5) is 0 Å². The molecule has 0 amide bonds. The second-order valence-electron chi connectivity index (χ2n) is 4.92. The van der Waals surface area contributed by atoms with Gasteiger partial charge >= 0.3 is 11.9 Å². The molecule has 23 heavy (non-hydrogen) atoms. The number of alkyl halides is 1. The molecule has 2 aromatic carbocycles. The van der Waals surface area contributed by atoms with E-state index >= 15 is 0 Å². The van der Waals surface area contributed by atoms with Crippen molar-refractivity contribution < 1.29 is 19.1 Å². The van der Waals surface area contributed by atoms with Crippen LogP contribution in [0.15, 0.2) is 42.5 Å². The highest BCUT2D eigenvalue weighted by atomic mass is 79.9. The average molecular weight is 377 g/mol. The molecule has 0 radical (unpaired) electrons. The lowest BCUT2D eigenvalue weighted by Gasteiger charge is -2.09. The molecule has 4 nitrogen and oxygen atoms in total. The molecule has 0 fully saturated rings. The van der Waals surface area contributed by atoms with Crippen molar-refractivity contribution in [3.63, 3.8) is 0 Å². The quantitative estimate of drug-likeness (QED) is 0.587. The van der Waals surface area contributed by atoms with E-state index in [2.05, 4.69) is 15.9 Å². The molecule has 0 aliphatic heterocycles. The zero-order chi connectivity index (χ0) is 16.8. The van der Waals surface area contributed by atoms with E-state index < -0.39 is 11.9 Å². The minimum atomic E-state index is -0.492. The molecule has 0 N–H and O–H groups in total. The molecule has 5 heteroatoms. The van der Waals surface area contributed by atoms with Gasteiger partial charge in [-0.2, -0.15) is 0 Å². The molecule has 0 saturated heterocycles. The molecule has 0 saturated carbocycles. The molecule has 2 rings (SSSR count). The number of ether oxygens (including phenoxy) is 2. The van der Waals surface area contributed by atoms with Crippen LogP contribution in [0.3, 0.4) is 0 Å². The number of carbonyl (C=O) groups excluding carboxylic acids is 2. The lowest BCUT2D eigenvalue weighted by Crippen LogP contribution is -2.07. The summed E-state index contributed by atoms with van der Waals surface area (Å²) in [4.78, 5) is 23.7. The first-order chi connectivity index (χ1) is 11.1. The van der Waals surface area contributed by atoms with Crippen LogP contribution in [0.25, 0.3) is 11.1 Å². The Morgan fingerprint density at radius 2 is 1.52 bits per heavy atom. The summed E-state index contributed by atoms with van der Waals surface area (Å²) in [6.45, 7) is 0. The highest BCUT2D eigenvalue weighted by Crippen LogP contribution is 2.25. The van der Waals surface area contributed by atoms with Gasteiger partial charge in [0.25, 0.3) is 0 Å². The summed E-state index contributed by atoms with van der Waals surface area (Å²) in [6.07, 6.45) is 0.897. The Hall–Kier alpha value is -2.14. The van der Waals surface area contributed by atoms with Gasteiger partial charge in [-0.05, 0) is 41.3 Å². The van der Waals surface area contributed by atoms with E-state index in [-0.39, 0.29) is 0 Å². The topological polar surface area (TPSA) is 52.6 Å². The van der Waals surface area contributed by atoms with E-state index in [0.29, 0.717) is 11.1 Å². The summed E-state index contributed by atoms with van der Waals surface area (Å²) in [5.41, 5.74) is 3.50. The molecular weight excluding hydrogens is 360 g/mol. The molecule has 0 atom stereocenters. The fourth-order valence-corrected chi connectivity index (χ4v) is 2.74. The maximum atomic E-state index is 11.8. The Morgan fingerprint density at radius 3 is 2.04 bits per heavy atom. The van der Waals surface area contributed by atoms with E-state index in [9.17, 15) is 9.59 Å². The zero-order valence-electron chi connectivity index (χ0n) is 13.0. The van der Waals surface area contributed by atoms with Gasteiger partial charge in [0.1, 0.15) is 0 Å². The maximum Gasteiger partial charge on any atom is 0.337 e. The van der Waals surface area contributed by atoms with Gasteiger partial charge in [-0.3, -0.25) is 0 Å². The molecule has 2 aromatic rings. The monoisotopic (exact) mass is 376 g/mol. The first kappa shape index (κ1) is 17.2. The predicted molar refractivity (Wildman–Crippen MR) is 92.1 cm³/mol. The van der Waals surface area contributed by atoms with Gasteiger partial charge in [0.2, 0.25) is 0 Å². The van der Waals surface area contributed by atoms with Crippen molar-refractivity contribution in [2.75, 3.05) is 19.5 Å². The number of aryl methyl sites for hydroxylation is 1. The number of hydrogen-bond donors (Lipinski definition) is 0. The van der Waals surface area contributed by atoms with Crippen LogP contribution in [0.2, 0.25) is 0 Å². The summed E-state index contributed by atoms with van der Waals surface area (Å²) in [5.74, 6) is -0.984. The highest BCUT2D eigenvalue weighted by Gasteiger charge is 2.14. The molecule has 0 spiro atoms. The minimum Gasteiger partial charge on any atom is -0.465 e. The summed E-state index contributed by atoms with van der Waals surface area (Å²) < 4.78 is 9.52. The number of methoxy groups -OCH3 is 2. The normalized spacial score (nSPS) is 10.2. The molecule has 0 unspecified atom stereocenters. The maximum absolute atomic E-state index is 11.8. The van der Waals surface area contributed by atoms with Crippen molar-refractivity contribution in [3.05, 3.63) is 59.2 Å². The van der Waals surface area contributed by atoms with Crippen molar-refractivity contribution in [3.8, 4) is 11.1 Å².